The van der Waals surface area contributed by atoms with Crippen molar-refractivity contribution in [2.24, 2.45) is 5.92 Å². The number of ether oxygens (including phenoxy) is 1. The molecule has 0 aromatic heterocycles. The van der Waals surface area contributed by atoms with E-state index < -0.39 is 0 Å². The summed E-state index contributed by atoms with van der Waals surface area (Å²) < 4.78 is 5.63. The van der Waals surface area contributed by atoms with Crippen LogP contribution >= 0.6 is 0 Å². The Balaban J connectivity index is 1.81. The van der Waals surface area contributed by atoms with Gasteiger partial charge in [-0.25, -0.2) is 0 Å². The summed E-state index contributed by atoms with van der Waals surface area (Å²) in [5, 5.41) is 2.98. The second kappa shape index (κ2) is 7.84. The van der Waals surface area contributed by atoms with Crippen molar-refractivity contribution < 1.29 is 9.53 Å². The molecule has 1 aromatic carbocycles. The van der Waals surface area contributed by atoms with E-state index in [1.54, 1.807) is 0 Å². The van der Waals surface area contributed by atoms with E-state index >= 15 is 0 Å². The van der Waals surface area contributed by atoms with Gasteiger partial charge in [-0.15, -0.1) is 0 Å². The number of allylic oxidation sites excluding steroid dienone is 2. The molecule has 0 saturated heterocycles. The molecular formula is C17H24N2O2. The number of anilines is 1. The molecule has 1 aliphatic rings. The van der Waals surface area contributed by atoms with E-state index in [0.717, 1.165) is 37.2 Å². The number of nitrogens with zero attached hydrogens (tertiary/aromatic N) is 1. The second-order valence-corrected chi connectivity index (χ2v) is 5.65. The summed E-state index contributed by atoms with van der Waals surface area (Å²) in [4.78, 5) is 14.2. The summed E-state index contributed by atoms with van der Waals surface area (Å²) in [5.74, 6) is 1.04. The third-order valence-corrected chi connectivity index (χ3v) is 3.57. The summed E-state index contributed by atoms with van der Waals surface area (Å²) >= 11 is 0. The van der Waals surface area contributed by atoms with Crippen molar-refractivity contribution in [3.05, 3.63) is 36.4 Å². The molecule has 2 rings (SSSR count). The number of nitrogens with one attached hydrogen (secondary N) is 1. The van der Waals surface area contributed by atoms with Gasteiger partial charge >= 0.3 is 0 Å². The van der Waals surface area contributed by atoms with Gasteiger partial charge in [0.15, 0.2) is 0 Å². The summed E-state index contributed by atoms with van der Waals surface area (Å²) in [6, 6.07) is 7.57. The van der Waals surface area contributed by atoms with Crippen molar-refractivity contribution >= 4 is 11.6 Å². The third kappa shape index (κ3) is 5.23. The fourth-order valence-corrected chi connectivity index (χ4v) is 2.26. The number of amides is 1. The Kier molecular flexibility index (Phi) is 5.81. The first-order valence-electron chi connectivity index (χ1n) is 7.48. The zero-order valence-electron chi connectivity index (χ0n) is 12.8. The minimum atomic E-state index is 0.103. The molecule has 0 heterocycles. The van der Waals surface area contributed by atoms with Crippen molar-refractivity contribution in [2.75, 3.05) is 32.6 Å². The maximum absolute atomic E-state index is 12.1. The van der Waals surface area contributed by atoms with Gasteiger partial charge in [0, 0.05) is 18.2 Å². The molecule has 4 nitrogen and oxygen atoms in total. The maximum Gasteiger partial charge on any atom is 0.227 e. The number of carbonyl (C=O) groups is 1. The highest BCUT2D eigenvalue weighted by atomic mass is 16.5. The number of hydrogen-bond donors (Lipinski definition) is 1. The van der Waals surface area contributed by atoms with Crippen LogP contribution in [0, 0.1) is 5.92 Å². The first-order valence-corrected chi connectivity index (χ1v) is 7.48. The predicted octanol–water partition coefficient (Wildman–Crippen LogP) is 2.92. The zero-order chi connectivity index (χ0) is 15.1. The topological polar surface area (TPSA) is 41.6 Å². The van der Waals surface area contributed by atoms with E-state index in [4.69, 9.17) is 4.74 Å². The quantitative estimate of drug-likeness (QED) is 0.818. The third-order valence-electron chi connectivity index (χ3n) is 3.57. The van der Waals surface area contributed by atoms with Crippen molar-refractivity contribution in [1.82, 2.24) is 4.90 Å². The standard InChI is InChI=1S/C17H24N2O2/c1-19(2)12-13-21-16-10-8-15(9-11-16)18-17(20)14-6-4-3-5-7-14/h3-4,8-11,14H,5-7,12-13H2,1-2H3,(H,18,20). The smallest absolute Gasteiger partial charge is 0.227 e. The molecular weight excluding hydrogens is 264 g/mol. The summed E-state index contributed by atoms with van der Waals surface area (Å²) in [6.45, 7) is 1.54. The minimum Gasteiger partial charge on any atom is -0.492 e. The van der Waals surface area contributed by atoms with Crippen molar-refractivity contribution in [3.8, 4) is 5.75 Å². The Hall–Kier alpha value is -1.81. The molecule has 0 bridgehead atoms. The second-order valence-electron chi connectivity index (χ2n) is 5.65. The number of likely N-dealkylation sites (N-methyl/N-ethyl adjacent to an activating group) is 1. The molecule has 1 atom stereocenters. The van der Waals surface area contributed by atoms with Crippen molar-refractivity contribution in [3.63, 3.8) is 0 Å². The lowest BCUT2D eigenvalue weighted by Crippen LogP contribution is -2.23. The molecule has 4 heteroatoms. The summed E-state index contributed by atoms with van der Waals surface area (Å²) in [7, 11) is 4.03. The SMILES string of the molecule is CN(C)CCOc1ccc(NC(=O)C2CC=CCC2)cc1. The van der Waals surface area contributed by atoms with Gasteiger partial charge in [-0.2, -0.15) is 0 Å². The molecule has 1 aliphatic carbocycles. The van der Waals surface area contributed by atoms with E-state index in [1.807, 2.05) is 38.4 Å². The van der Waals surface area contributed by atoms with E-state index in [-0.39, 0.29) is 11.8 Å². The Morgan fingerprint density at radius 3 is 2.67 bits per heavy atom. The van der Waals surface area contributed by atoms with Gasteiger partial charge < -0.3 is 15.0 Å². The van der Waals surface area contributed by atoms with Gasteiger partial charge in [-0.05, 0) is 57.6 Å². The molecule has 0 radical (unpaired) electrons. The van der Waals surface area contributed by atoms with Gasteiger partial charge in [0.05, 0.1) is 0 Å². The number of benzene rings is 1. The maximum atomic E-state index is 12.1. The Morgan fingerprint density at radius 2 is 2.05 bits per heavy atom. The monoisotopic (exact) mass is 288 g/mol. The van der Waals surface area contributed by atoms with Gasteiger partial charge in [0.1, 0.15) is 12.4 Å². The van der Waals surface area contributed by atoms with E-state index in [9.17, 15) is 4.79 Å². The van der Waals surface area contributed by atoms with Crippen LogP contribution in [0.5, 0.6) is 5.75 Å². The van der Waals surface area contributed by atoms with Gasteiger partial charge in [-0.3, -0.25) is 4.79 Å². The normalized spacial score (nSPS) is 17.8. The molecule has 1 unspecified atom stereocenters. The molecule has 114 valence electrons. The highest BCUT2D eigenvalue weighted by molar-refractivity contribution is 5.92. The van der Waals surface area contributed by atoms with E-state index in [1.165, 1.54) is 0 Å². The Labute approximate surface area is 126 Å². The first kappa shape index (κ1) is 15.6. The van der Waals surface area contributed by atoms with E-state index in [2.05, 4.69) is 22.4 Å². The van der Waals surface area contributed by atoms with Crippen molar-refractivity contribution in [2.45, 2.75) is 19.3 Å². The molecule has 1 amide bonds. The lowest BCUT2D eigenvalue weighted by molar-refractivity contribution is -0.120. The molecule has 0 fully saturated rings. The average Bonchev–Trinajstić information content (AvgIpc) is 2.49. The molecule has 1 aromatic rings. The van der Waals surface area contributed by atoms with E-state index in [0.29, 0.717) is 6.61 Å². The fraction of sp³-hybridized carbons (Fsp3) is 0.471. The van der Waals surface area contributed by atoms with Gasteiger partial charge in [-0.1, -0.05) is 12.2 Å². The van der Waals surface area contributed by atoms with Crippen LogP contribution < -0.4 is 10.1 Å². The van der Waals surface area contributed by atoms with Crippen LogP contribution in [0.4, 0.5) is 5.69 Å². The van der Waals surface area contributed by atoms with Gasteiger partial charge in [0.2, 0.25) is 5.91 Å². The molecule has 21 heavy (non-hydrogen) atoms. The summed E-state index contributed by atoms with van der Waals surface area (Å²) in [6.07, 6.45) is 7.02. The minimum absolute atomic E-state index is 0.103. The average molecular weight is 288 g/mol. The number of carbonyl (C=O) groups excluding carboxylic acids is 1. The van der Waals surface area contributed by atoms with Crippen LogP contribution in [0.1, 0.15) is 19.3 Å². The number of hydrogen-bond acceptors (Lipinski definition) is 3. The highest BCUT2D eigenvalue weighted by Crippen LogP contribution is 2.21. The molecule has 0 saturated carbocycles. The van der Waals surface area contributed by atoms with Crippen LogP contribution in [0.25, 0.3) is 0 Å². The largest absolute Gasteiger partial charge is 0.492 e. The highest BCUT2D eigenvalue weighted by Gasteiger charge is 2.18. The summed E-state index contributed by atoms with van der Waals surface area (Å²) in [5.41, 5.74) is 0.828. The molecule has 0 aliphatic heterocycles. The van der Waals surface area contributed by atoms with Crippen LogP contribution in [-0.2, 0) is 4.79 Å². The van der Waals surface area contributed by atoms with Crippen LogP contribution in [-0.4, -0.2) is 38.1 Å². The van der Waals surface area contributed by atoms with Crippen LogP contribution in [0.2, 0.25) is 0 Å². The first-order chi connectivity index (χ1) is 10.1. The van der Waals surface area contributed by atoms with Crippen LogP contribution in [0.3, 0.4) is 0 Å². The van der Waals surface area contributed by atoms with Gasteiger partial charge in [0.25, 0.3) is 0 Å². The van der Waals surface area contributed by atoms with Crippen molar-refractivity contribution in [1.29, 1.82) is 0 Å². The molecule has 1 N–H and O–H groups in total. The fourth-order valence-electron chi connectivity index (χ4n) is 2.26. The Bertz CT molecular complexity index is 480. The lowest BCUT2D eigenvalue weighted by Gasteiger charge is -2.17. The lowest BCUT2D eigenvalue weighted by atomic mass is 9.93. The zero-order valence-corrected chi connectivity index (χ0v) is 12.8. The molecule has 0 spiro atoms. The predicted molar refractivity (Wildman–Crippen MR) is 85.6 cm³/mol. The Morgan fingerprint density at radius 1 is 1.29 bits per heavy atom. The number of rotatable bonds is 6. The van der Waals surface area contributed by atoms with Crippen LogP contribution in [0.15, 0.2) is 36.4 Å².